The molecule has 0 aliphatic heterocycles. The highest BCUT2D eigenvalue weighted by molar-refractivity contribution is 5.78. The van der Waals surface area contributed by atoms with Gasteiger partial charge in [-0.05, 0) is 49.1 Å². The predicted octanol–water partition coefficient (Wildman–Crippen LogP) is 3.45. The number of aryl methyl sites for hydroxylation is 1. The standard InChI is InChI=1S/C21H23N3O2/c1-14-5-4-10-24-19(13-22-21(14)24)18(12-20(25)23-16-8-9-16)15-6-3-7-17(11-15)26-2/h3-7,10-11,13,16,18H,8-9,12H2,1-2H3,(H,23,25). The third kappa shape index (κ3) is 3.29. The highest BCUT2D eigenvalue weighted by atomic mass is 16.5. The number of rotatable bonds is 6. The zero-order valence-corrected chi connectivity index (χ0v) is 15.1. The second kappa shape index (κ2) is 6.83. The first-order valence-corrected chi connectivity index (χ1v) is 9.01. The summed E-state index contributed by atoms with van der Waals surface area (Å²) < 4.78 is 7.47. The smallest absolute Gasteiger partial charge is 0.221 e. The van der Waals surface area contributed by atoms with Crippen molar-refractivity contribution in [3.8, 4) is 5.75 Å². The molecule has 0 bridgehead atoms. The Morgan fingerprint density at radius 3 is 2.96 bits per heavy atom. The van der Waals surface area contributed by atoms with Crippen LogP contribution in [0.4, 0.5) is 0 Å². The second-order valence-electron chi connectivity index (χ2n) is 6.94. The van der Waals surface area contributed by atoms with Crippen LogP contribution in [0.1, 0.15) is 42.0 Å². The maximum Gasteiger partial charge on any atom is 0.221 e. The molecular formula is C21H23N3O2. The number of ether oxygens (including phenoxy) is 1. The van der Waals surface area contributed by atoms with Crippen LogP contribution in [0.15, 0.2) is 48.8 Å². The molecule has 2 heterocycles. The lowest BCUT2D eigenvalue weighted by molar-refractivity contribution is -0.121. The van der Waals surface area contributed by atoms with Gasteiger partial charge in [0.25, 0.3) is 0 Å². The number of carbonyl (C=O) groups is 1. The monoisotopic (exact) mass is 349 g/mol. The summed E-state index contributed by atoms with van der Waals surface area (Å²) in [6, 6.07) is 12.4. The molecule has 1 aliphatic carbocycles. The molecule has 1 saturated carbocycles. The highest BCUT2D eigenvalue weighted by Crippen LogP contribution is 2.32. The molecule has 5 nitrogen and oxygen atoms in total. The molecule has 1 atom stereocenters. The molecule has 2 aromatic heterocycles. The van der Waals surface area contributed by atoms with Gasteiger partial charge in [-0.1, -0.05) is 18.2 Å². The van der Waals surface area contributed by atoms with Crippen molar-refractivity contribution in [1.29, 1.82) is 0 Å². The van der Waals surface area contributed by atoms with E-state index in [2.05, 4.69) is 14.7 Å². The van der Waals surface area contributed by atoms with Crippen molar-refractivity contribution in [2.45, 2.75) is 38.1 Å². The first-order chi connectivity index (χ1) is 12.7. The SMILES string of the molecule is COc1cccc(C(CC(=O)NC2CC2)c2cnc3c(C)cccn23)c1. The van der Waals surface area contributed by atoms with Crippen molar-refractivity contribution in [3.05, 3.63) is 65.6 Å². The van der Waals surface area contributed by atoms with Gasteiger partial charge >= 0.3 is 0 Å². The number of aromatic nitrogens is 2. The van der Waals surface area contributed by atoms with Crippen molar-refractivity contribution in [2.75, 3.05) is 7.11 Å². The van der Waals surface area contributed by atoms with Gasteiger partial charge in [0.2, 0.25) is 5.91 Å². The molecule has 3 aromatic rings. The summed E-state index contributed by atoms with van der Waals surface area (Å²) in [6.45, 7) is 2.05. The highest BCUT2D eigenvalue weighted by Gasteiger charge is 2.27. The van der Waals surface area contributed by atoms with Crippen LogP contribution in [-0.4, -0.2) is 28.4 Å². The lowest BCUT2D eigenvalue weighted by Gasteiger charge is -2.18. The zero-order chi connectivity index (χ0) is 18.1. The topological polar surface area (TPSA) is 55.6 Å². The van der Waals surface area contributed by atoms with Crippen molar-refractivity contribution in [3.63, 3.8) is 0 Å². The van der Waals surface area contributed by atoms with E-state index in [1.165, 1.54) is 0 Å². The molecule has 1 aliphatic rings. The number of carbonyl (C=O) groups excluding carboxylic acids is 1. The summed E-state index contributed by atoms with van der Waals surface area (Å²) in [4.78, 5) is 17.1. The van der Waals surface area contributed by atoms with E-state index in [1.807, 2.05) is 55.7 Å². The van der Waals surface area contributed by atoms with E-state index in [4.69, 9.17) is 4.74 Å². The van der Waals surface area contributed by atoms with Gasteiger partial charge in [-0.2, -0.15) is 0 Å². The number of methoxy groups -OCH3 is 1. The van der Waals surface area contributed by atoms with Crippen molar-refractivity contribution in [2.24, 2.45) is 0 Å². The normalized spacial score (nSPS) is 15.0. The van der Waals surface area contributed by atoms with Gasteiger partial charge in [-0.3, -0.25) is 4.79 Å². The van der Waals surface area contributed by atoms with E-state index in [0.29, 0.717) is 12.5 Å². The third-order valence-electron chi connectivity index (χ3n) is 4.94. The number of amides is 1. The molecule has 1 amide bonds. The Labute approximate surface area is 153 Å². The number of nitrogens with zero attached hydrogens (tertiary/aromatic N) is 2. The molecule has 0 radical (unpaired) electrons. The molecule has 5 heteroatoms. The summed E-state index contributed by atoms with van der Waals surface area (Å²) >= 11 is 0. The molecule has 1 aromatic carbocycles. The second-order valence-corrected chi connectivity index (χ2v) is 6.94. The van der Waals surface area contributed by atoms with Crippen LogP contribution in [0.25, 0.3) is 5.65 Å². The molecule has 1 fully saturated rings. The number of hydrogen-bond donors (Lipinski definition) is 1. The fraction of sp³-hybridized carbons (Fsp3) is 0.333. The molecule has 1 unspecified atom stereocenters. The van der Waals surface area contributed by atoms with Crippen LogP contribution in [-0.2, 0) is 4.79 Å². The van der Waals surface area contributed by atoms with Gasteiger partial charge in [0, 0.05) is 30.8 Å². The first kappa shape index (κ1) is 16.6. The summed E-state index contributed by atoms with van der Waals surface area (Å²) in [7, 11) is 1.66. The van der Waals surface area contributed by atoms with Crippen LogP contribution in [0, 0.1) is 6.92 Å². The Morgan fingerprint density at radius 1 is 1.35 bits per heavy atom. The Bertz CT molecular complexity index is 943. The molecule has 0 spiro atoms. The van der Waals surface area contributed by atoms with Crippen molar-refractivity contribution < 1.29 is 9.53 Å². The summed E-state index contributed by atoms with van der Waals surface area (Å²) in [6.07, 6.45) is 6.47. The van der Waals surface area contributed by atoms with Gasteiger partial charge in [0.15, 0.2) is 0 Å². The van der Waals surface area contributed by atoms with Crippen molar-refractivity contribution >= 4 is 11.6 Å². The van der Waals surface area contributed by atoms with E-state index in [-0.39, 0.29) is 11.8 Å². The van der Waals surface area contributed by atoms with E-state index in [0.717, 1.165) is 41.1 Å². The Balaban J connectivity index is 1.75. The molecular weight excluding hydrogens is 326 g/mol. The van der Waals surface area contributed by atoms with Gasteiger partial charge < -0.3 is 14.5 Å². The van der Waals surface area contributed by atoms with E-state index in [9.17, 15) is 4.79 Å². The maximum atomic E-state index is 12.6. The lowest BCUT2D eigenvalue weighted by atomic mass is 9.92. The zero-order valence-electron chi connectivity index (χ0n) is 15.1. The Hall–Kier alpha value is -2.82. The summed E-state index contributed by atoms with van der Waals surface area (Å²) in [5.74, 6) is 0.795. The van der Waals surface area contributed by atoms with Gasteiger partial charge in [-0.25, -0.2) is 4.98 Å². The first-order valence-electron chi connectivity index (χ1n) is 9.01. The van der Waals surface area contributed by atoms with E-state index in [1.54, 1.807) is 7.11 Å². The average molecular weight is 349 g/mol. The van der Waals surface area contributed by atoms with Gasteiger partial charge in [-0.15, -0.1) is 0 Å². The minimum Gasteiger partial charge on any atom is -0.497 e. The largest absolute Gasteiger partial charge is 0.497 e. The number of imidazole rings is 1. The van der Waals surface area contributed by atoms with E-state index < -0.39 is 0 Å². The van der Waals surface area contributed by atoms with Crippen LogP contribution in [0.3, 0.4) is 0 Å². The summed E-state index contributed by atoms with van der Waals surface area (Å²) in [5.41, 5.74) is 4.12. The number of hydrogen-bond acceptors (Lipinski definition) is 3. The number of benzene rings is 1. The average Bonchev–Trinajstić information content (AvgIpc) is 3.35. The Kier molecular flexibility index (Phi) is 4.37. The molecule has 1 N–H and O–H groups in total. The molecule has 0 saturated heterocycles. The summed E-state index contributed by atoms with van der Waals surface area (Å²) in [5, 5.41) is 3.10. The van der Waals surface area contributed by atoms with Crippen LogP contribution >= 0.6 is 0 Å². The third-order valence-corrected chi connectivity index (χ3v) is 4.94. The van der Waals surface area contributed by atoms with Crippen LogP contribution in [0.2, 0.25) is 0 Å². The van der Waals surface area contributed by atoms with Gasteiger partial charge in [0.1, 0.15) is 11.4 Å². The number of fused-ring (bicyclic) bond motifs is 1. The minimum absolute atomic E-state index is 0.0827. The molecule has 4 rings (SSSR count). The fourth-order valence-corrected chi connectivity index (χ4v) is 3.38. The van der Waals surface area contributed by atoms with E-state index >= 15 is 0 Å². The van der Waals surface area contributed by atoms with Crippen LogP contribution < -0.4 is 10.1 Å². The molecule has 26 heavy (non-hydrogen) atoms. The minimum atomic E-state index is -0.0827. The lowest BCUT2D eigenvalue weighted by Crippen LogP contribution is -2.27. The number of nitrogens with one attached hydrogen (secondary N) is 1. The van der Waals surface area contributed by atoms with Gasteiger partial charge in [0.05, 0.1) is 12.8 Å². The fourth-order valence-electron chi connectivity index (χ4n) is 3.38. The van der Waals surface area contributed by atoms with Crippen molar-refractivity contribution in [1.82, 2.24) is 14.7 Å². The quantitative estimate of drug-likeness (QED) is 0.741. The maximum absolute atomic E-state index is 12.6. The van der Waals surface area contributed by atoms with Crippen LogP contribution in [0.5, 0.6) is 5.75 Å². The predicted molar refractivity (Wildman–Crippen MR) is 101 cm³/mol. The number of pyridine rings is 1. The Morgan fingerprint density at radius 2 is 2.19 bits per heavy atom. The molecule has 134 valence electrons.